The van der Waals surface area contributed by atoms with E-state index in [-0.39, 0.29) is 5.57 Å². The van der Waals surface area contributed by atoms with Crippen LogP contribution >= 0.6 is 11.6 Å². The second-order valence-electron chi connectivity index (χ2n) is 6.96. The zero-order chi connectivity index (χ0) is 21.4. The number of nitrogens with one attached hydrogen (secondary N) is 1. The van der Waals surface area contributed by atoms with E-state index in [9.17, 15) is 14.4 Å². The van der Waals surface area contributed by atoms with E-state index in [2.05, 4.69) is 5.32 Å². The molecule has 2 aromatic carbocycles. The van der Waals surface area contributed by atoms with Crippen molar-refractivity contribution in [3.05, 3.63) is 88.2 Å². The molecule has 30 heavy (non-hydrogen) atoms. The van der Waals surface area contributed by atoms with Crippen LogP contribution in [0.5, 0.6) is 0 Å². The number of nitrogens with zero attached hydrogens (tertiary/aromatic N) is 2. The fourth-order valence-corrected chi connectivity index (χ4v) is 3.48. The number of aryl methyl sites for hydroxylation is 1. The van der Waals surface area contributed by atoms with Crippen molar-refractivity contribution in [3.8, 4) is 5.69 Å². The van der Waals surface area contributed by atoms with Gasteiger partial charge in [0.15, 0.2) is 0 Å². The van der Waals surface area contributed by atoms with Crippen molar-refractivity contribution in [2.45, 2.75) is 13.8 Å². The molecular formula is C23H18ClN3O3. The fraction of sp³-hybridized carbons (Fsp3) is 0.0870. The zero-order valence-corrected chi connectivity index (χ0v) is 17.1. The summed E-state index contributed by atoms with van der Waals surface area (Å²) in [6.45, 7) is 3.72. The first-order valence-electron chi connectivity index (χ1n) is 9.28. The van der Waals surface area contributed by atoms with Crippen molar-refractivity contribution in [2.75, 3.05) is 4.90 Å². The van der Waals surface area contributed by atoms with Gasteiger partial charge in [0.1, 0.15) is 5.57 Å². The quantitative estimate of drug-likeness (QED) is 0.504. The van der Waals surface area contributed by atoms with Gasteiger partial charge in [0.2, 0.25) is 0 Å². The van der Waals surface area contributed by atoms with Gasteiger partial charge in [0.05, 0.1) is 5.69 Å². The molecule has 2 heterocycles. The lowest BCUT2D eigenvalue weighted by Crippen LogP contribution is -2.54. The number of rotatable bonds is 3. The molecule has 1 N–H and O–H groups in total. The summed E-state index contributed by atoms with van der Waals surface area (Å²) in [4.78, 5) is 39.1. The molecule has 1 aromatic heterocycles. The number of urea groups is 1. The van der Waals surface area contributed by atoms with Crippen LogP contribution in [0.25, 0.3) is 11.8 Å². The lowest BCUT2D eigenvalue weighted by Gasteiger charge is -2.28. The number of imide groups is 2. The Morgan fingerprint density at radius 2 is 1.67 bits per heavy atom. The van der Waals surface area contributed by atoms with Crippen molar-refractivity contribution in [3.63, 3.8) is 0 Å². The van der Waals surface area contributed by atoms with E-state index in [0.717, 1.165) is 21.7 Å². The molecule has 0 aliphatic carbocycles. The summed E-state index contributed by atoms with van der Waals surface area (Å²) in [5.41, 5.74) is 3.49. The first-order chi connectivity index (χ1) is 14.4. The summed E-state index contributed by atoms with van der Waals surface area (Å²) in [6.07, 6.45) is 3.30. The molecule has 0 spiro atoms. The van der Waals surface area contributed by atoms with E-state index >= 15 is 0 Å². The van der Waals surface area contributed by atoms with Gasteiger partial charge in [-0.25, -0.2) is 9.69 Å². The lowest BCUT2D eigenvalue weighted by atomic mass is 10.0. The Labute approximate surface area is 178 Å². The summed E-state index contributed by atoms with van der Waals surface area (Å²) in [7, 11) is 0. The molecule has 150 valence electrons. The normalized spacial score (nSPS) is 15.6. The molecule has 0 atom stereocenters. The first-order valence-corrected chi connectivity index (χ1v) is 9.65. The first kappa shape index (κ1) is 19.7. The SMILES string of the molecule is Cc1cccc(N2C(=O)NC(=O)/C(=C\c3cccn3-c3ccc(Cl)cc3)C2=O)c1C. The van der Waals surface area contributed by atoms with Crippen molar-refractivity contribution < 1.29 is 14.4 Å². The number of halogens is 1. The highest BCUT2D eigenvalue weighted by Crippen LogP contribution is 2.27. The second kappa shape index (κ2) is 7.65. The standard InChI is InChI=1S/C23H18ClN3O3/c1-14-5-3-7-20(15(14)2)27-22(29)19(21(28)25-23(27)30)13-18-6-4-12-26(18)17-10-8-16(24)9-11-17/h3-13H,1-2H3,(H,25,28,30)/b19-13+. The van der Waals surface area contributed by atoms with Crippen LogP contribution in [0.3, 0.4) is 0 Å². The van der Waals surface area contributed by atoms with Crippen LogP contribution in [-0.4, -0.2) is 22.4 Å². The summed E-state index contributed by atoms with van der Waals surface area (Å²) < 4.78 is 1.82. The molecule has 0 unspecified atom stereocenters. The van der Waals surface area contributed by atoms with Crippen molar-refractivity contribution in [1.29, 1.82) is 0 Å². The van der Waals surface area contributed by atoms with Gasteiger partial charge in [-0.15, -0.1) is 0 Å². The van der Waals surface area contributed by atoms with E-state index in [1.54, 1.807) is 36.4 Å². The number of carbonyl (C=O) groups is 3. The molecule has 4 rings (SSSR count). The van der Waals surface area contributed by atoms with Crippen molar-refractivity contribution in [1.82, 2.24) is 9.88 Å². The van der Waals surface area contributed by atoms with E-state index in [1.165, 1.54) is 6.08 Å². The Morgan fingerprint density at radius 1 is 0.933 bits per heavy atom. The predicted octanol–water partition coefficient (Wildman–Crippen LogP) is 4.41. The van der Waals surface area contributed by atoms with Crippen LogP contribution < -0.4 is 10.2 Å². The second-order valence-corrected chi connectivity index (χ2v) is 7.39. The molecule has 7 heteroatoms. The maximum atomic E-state index is 13.2. The van der Waals surface area contributed by atoms with E-state index in [1.807, 2.05) is 42.8 Å². The Hall–Kier alpha value is -3.64. The topological polar surface area (TPSA) is 71.4 Å². The van der Waals surface area contributed by atoms with Gasteiger partial charge in [-0.2, -0.15) is 0 Å². The number of benzene rings is 2. The monoisotopic (exact) mass is 419 g/mol. The van der Waals surface area contributed by atoms with Gasteiger partial charge in [-0.05, 0) is 73.5 Å². The third-order valence-electron chi connectivity index (χ3n) is 5.10. The summed E-state index contributed by atoms with van der Waals surface area (Å²) >= 11 is 5.96. The van der Waals surface area contributed by atoms with Crippen LogP contribution in [0.1, 0.15) is 16.8 Å². The van der Waals surface area contributed by atoms with Crippen LogP contribution in [0.2, 0.25) is 5.02 Å². The number of carbonyl (C=O) groups excluding carboxylic acids is 3. The Kier molecular flexibility index (Phi) is 5.01. The molecule has 1 fully saturated rings. The number of amides is 4. The van der Waals surface area contributed by atoms with Gasteiger partial charge in [0.25, 0.3) is 11.8 Å². The summed E-state index contributed by atoms with van der Waals surface area (Å²) in [6, 6.07) is 15.3. The highest BCUT2D eigenvalue weighted by atomic mass is 35.5. The molecule has 1 aliphatic heterocycles. The Bertz CT molecular complexity index is 1210. The molecule has 0 saturated carbocycles. The highest BCUT2D eigenvalue weighted by Gasteiger charge is 2.37. The van der Waals surface area contributed by atoms with Gasteiger partial charge >= 0.3 is 6.03 Å². The van der Waals surface area contributed by atoms with E-state index in [0.29, 0.717) is 16.4 Å². The maximum Gasteiger partial charge on any atom is 0.335 e. The molecule has 1 saturated heterocycles. The summed E-state index contributed by atoms with van der Waals surface area (Å²) in [5.74, 6) is -1.39. The smallest absolute Gasteiger partial charge is 0.317 e. The minimum absolute atomic E-state index is 0.121. The van der Waals surface area contributed by atoms with E-state index < -0.39 is 17.8 Å². The minimum Gasteiger partial charge on any atom is -0.317 e. The molecule has 4 amide bonds. The van der Waals surface area contributed by atoms with Crippen LogP contribution in [0.4, 0.5) is 10.5 Å². The Balaban J connectivity index is 1.77. The van der Waals surface area contributed by atoms with Crippen molar-refractivity contribution in [2.24, 2.45) is 0 Å². The number of hydrogen-bond acceptors (Lipinski definition) is 3. The number of aromatic nitrogens is 1. The molecule has 6 nitrogen and oxygen atoms in total. The van der Waals surface area contributed by atoms with Crippen LogP contribution in [0, 0.1) is 13.8 Å². The molecule has 1 aliphatic rings. The third-order valence-corrected chi connectivity index (χ3v) is 5.35. The zero-order valence-electron chi connectivity index (χ0n) is 16.3. The Morgan fingerprint density at radius 3 is 2.40 bits per heavy atom. The average Bonchev–Trinajstić information content (AvgIpc) is 3.17. The molecular weight excluding hydrogens is 402 g/mol. The third kappa shape index (κ3) is 3.42. The van der Waals surface area contributed by atoms with Crippen LogP contribution in [-0.2, 0) is 9.59 Å². The van der Waals surface area contributed by atoms with Gasteiger partial charge in [-0.3, -0.25) is 14.9 Å². The fourth-order valence-electron chi connectivity index (χ4n) is 3.35. The largest absolute Gasteiger partial charge is 0.335 e. The number of hydrogen-bond donors (Lipinski definition) is 1. The minimum atomic E-state index is -0.760. The highest BCUT2D eigenvalue weighted by molar-refractivity contribution is 6.39. The van der Waals surface area contributed by atoms with Gasteiger partial charge in [0, 0.05) is 22.6 Å². The molecule has 3 aromatic rings. The lowest BCUT2D eigenvalue weighted by molar-refractivity contribution is -0.122. The van der Waals surface area contributed by atoms with Crippen molar-refractivity contribution >= 4 is 41.2 Å². The van der Waals surface area contributed by atoms with Gasteiger partial charge < -0.3 is 4.57 Å². The number of anilines is 1. The van der Waals surface area contributed by atoms with Gasteiger partial charge in [-0.1, -0.05) is 23.7 Å². The predicted molar refractivity (Wildman–Crippen MR) is 116 cm³/mol. The summed E-state index contributed by atoms with van der Waals surface area (Å²) in [5, 5.41) is 2.87. The van der Waals surface area contributed by atoms with Crippen LogP contribution in [0.15, 0.2) is 66.4 Å². The van der Waals surface area contributed by atoms with E-state index in [4.69, 9.17) is 11.6 Å². The number of barbiturate groups is 1. The molecule has 0 radical (unpaired) electrons. The molecule has 0 bridgehead atoms. The maximum absolute atomic E-state index is 13.2. The average molecular weight is 420 g/mol.